The molecule has 0 saturated carbocycles. The number of nitrogens with two attached hydrogens (primary N) is 2. The normalized spacial score (nSPS) is 12.0. The molecule has 0 bridgehead atoms. The number of primary sulfonamides is 1. The highest BCUT2D eigenvalue weighted by Crippen LogP contribution is 2.26. The van der Waals surface area contributed by atoms with E-state index in [1.54, 1.807) is 54.6 Å². The molecule has 0 aromatic heterocycles. The number of amides is 1. The standard InChI is InChI=1S/C23H22N4O5S/c24-21(25)17-5-3-4-14(12-17)13-19(23(29)30)27-22(28)16-10-8-15(9-11-16)18-6-1-2-7-20(18)33(26,31)32/h1-12,19H,13H2,(H3,24,25)(H,27,28)(H,29,30)(H2,26,31,32)/t19-/m0/s1. The van der Waals surface area contributed by atoms with Gasteiger partial charge in [0.1, 0.15) is 11.9 Å². The lowest BCUT2D eigenvalue weighted by Crippen LogP contribution is -2.42. The van der Waals surface area contributed by atoms with Crippen molar-refractivity contribution in [2.45, 2.75) is 17.4 Å². The topological polar surface area (TPSA) is 176 Å². The first-order chi connectivity index (χ1) is 15.6. The lowest BCUT2D eigenvalue weighted by Gasteiger charge is -2.15. The molecule has 0 fully saturated rings. The number of nitrogens with one attached hydrogen (secondary N) is 2. The van der Waals surface area contributed by atoms with Crippen LogP contribution < -0.4 is 16.2 Å². The Labute approximate surface area is 190 Å². The number of amidine groups is 1. The van der Waals surface area contributed by atoms with Crippen molar-refractivity contribution < 1.29 is 23.1 Å². The fourth-order valence-electron chi connectivity index (χ4n) is 3.30. The monoisotopic (exact) mass is 466 g/mol. The van der Waals surface area contributed by atoms with Gasteiger partial charge in [0.25, 0.3) is 5.91 Å². The van der Waals surface area contributed by atoms with Gasteiger partial charge in [0.2, 0.25) is 10.0 Å². The number of aliphatic carboxylic acids is 1. The molecule has 0 aliphatic heterocycles. The third-order valence-electron chi connectivity index (χ3n) is 4.93. The summed E-state index contributed by atoms with van der Waals surface area (Å²) in [5.74, 6) is -1.96. The van der Waals surface area contributed by atoms with E-state index in [0.29, 0.717) is 22.3 Å². The SMILES string of the molecule is N=C(N)c1cccc(C[C@H](NC(=O)c2ccc(-c3ccccc3S(N)(=O)=O)cc2)C(=O)O)c1. The molecule has 0 spiro atoms. The van der Waals surface area contributed by atoms with Crippen LogP contribution in [0.5, 0.6) is 0 Å². The molecule has 1 amide bonds. The summed E-state index contributed by atoms with van der Waals surface area (Å²) in [4.78, 5) is 24.3. The maximum Gasteiger partial charge on any atom is 0.326 e. The van der Waals surface area contributed by atoms with Crippen LogP contribution in [0.1, 0.15) is 21.5 Å². The van der Waals surface area contributed by atoms with Gasteiger partial charge in [0.15, 0.2) is 0 Å². The van der Waals surface area contributed by atoms with E-state index in [9.17, 15) is 23.1 Å². The van der Waals surface area contributed by atoms with Crippen molar-refractivity contribution in [3.05, 3.63) is 89.5 Å². The Morgan fingerprint density at radius 1 is 0.970 bits per heavy atom. The third-order valence-corrected chi connectivity index (χ3v) is 5.90. The Balaban J connectivity index is 1.79. The number of carbonyl (C=O) groups excluding carboxylic acids is 1. The predicted molar refractivity (Wildman–Crippen MR) is 123 cm³/mol. The molecular weight excluding hydrogens is 444 g/mol. The Bertz CT molecular complexity index is 1320. The summed E-state index contributed by atoms with van der Waals surface area (Å²) in [5, 5.41) is 24.8. The first-order valence-electron chi connectivity index (χ1n) is 9.75. The average Bonchev–Trinajstić information content (AvgIpc) is 2.78. The van der Waals surface area contributed by atoms with Gasteiger partial charge in [0.05, 0.1) is 4.90 Å². The van der Waals surface area contributed by atoms with E-state index < -0.39 is 27.9 Å². The molecule has 0 aliphatic rings. The molecule has 1 atom stereocenters. The summed E-state index contributed by atoms with van der Waals surface area (Å²) < 4.78 is 23.7. The highest BCUT2D eigenvalue weighted by molar-refractivity contribution is 7.89. The van der Waals surface area contributed by atoms with Gasteiger partial charge < -0.3 is 16.2 Å². The predicted octanol–water partition coefficient (Wildman–Crippen LogP) is 1.71. The van der Waals surface area contributed by atoms with Crippen LogP contribution in [-0.4, -0.2) is 37.3 Å². The maximum atomic E-state index is 12.7. The second-order valence-electron chi connectivity index (χ2n) is 7.30. The van der Waals surface area contributed by atoms with Crippen molar-refractivity contribution in [1.29, 1.82) is 5.41 Å². The number of rotatable bonds is 8. The highest BCUT2D eigenvalue weighted by Gasteiger charge is 2.22. The van der Waals surface area contributed by atoms with Gasteiger partial charge in [-0.25, -0.2) is 18.4 Å². The maximum absolute atomic E-state index is 12.7. The van der Waals surface area contributed by atoms with Gasteiger partial charge in [-0.05, 0) is 35.4 Å². The van der Waals surface area contributed by atoms with Gasteiger partial charge in [0, 0.05) is 23.1 Å². The zero-order valence-corrected chi connectivity index (χ0v) is 18.2. The van der Waals surface area contributed by atoms with Crippen molar-refractivity contribution >= 4 is 27.7 Å². The van der Waals surface area contributed by atoms with Crippen molar-refractivity contribution in [2.24, 2.45) is 10.9 Å². The Hall–Kier alpha value is -4.02. The molecule has 0 radical (unpaired) electrons. The van der Waals surface area contributed by atoms with Crippen molar-refractivity contribution in [2.75, 3.05) is 0 Å². The zero-order chi connectivity index (χ0) is 24.2. The van der Waals surface area contributed by atoms with Crippen LogP contribution in [0.3, 0.4) is 0 Å². The Kier molecular flexibility index (Phi) is 6.90. The first kappa shape index (κ1) is 23.6. The van der Waals surface area contributed by atoms with Gasteiger partial charge in [-0.3, -0.25) is 10.2 Å². The molecule has 33 heavy (non-hydrogen) atoms. The lowest BCUT2D eigenvalue weighted by molar-refractivity contribution is -0.139. The molecule has 9 nitrogen and oxygen atoms in total. The number of carbonyl (C=O) groups is 2. The number of carboxylic acids is 1. The minimum Gasteiger partial charge on any atom is -0.480 e. The summed E-state index contributed by atoms with van der Waals surface area (Å²) in [6.07, 6.45) is 0.00200. The molecule has 0 unspecified atom stereocenters. The van der Waals surface area contributed by atoms with E-state index in [-0.39, 0.29) is 22.7 Å². The quantitative estimate of drug-likeness (QED) is 0.249. The van der Waals surface area contributed by atoms with Crippen LogP contribution in [0.25, 0.3) is 11.1 Å². The molecule has 10 heteroatoms. The fourth-order valence-corrected chi connectivity index (χ4v) is 4.06. The number of hydrogen-bond acceptors (Lipinski definition) is 5. The minimum atomic E-state index is -3.94. The van der Waals surface area contributed by atoms with Crippen LogP contribution in [0, 0.1) is 5.41 Å². The highest BCUT2D eigenvalue weighted by atomic mass is 32.2. The van der Waals surface area contributed by atoms with Crippen LogP contribution in [0.4, 0.5) is 0 Å². The zero-order valence-electron chi connectivity index (χ0n) is 17.4. The molecule has 3 rings (SSSR count). The lowest BCUT2D eigenvalue weighted by atomic mass is 10.0. The van der Waals surface area contributed by atoms with Crippen LogP contribution in [0.2, 0.25) is 0 Å². The van der Waals surface area contributed by atoms with E-state index in [1.807, 2.05) is 0 Å². The minimum absolute atomic E-state index is 0.00200. The van der Waals surface area contributed by atoms with Crippen LogP contribution >= 0.6 is 0 Å². The van der Waals surface area contributed by atoms with Crippen LogP contribution in [0.15, 0.2) is 77.7 Å². The summed E-state index contributed by atoms with van der Waals surface area (Å²) in [6, 6.07) is 17.7. The van der Waals surface area contributed by atoms with Crippen molar-refractivity contribution in [1.82, 2.24) is 5.32 Å². The second kappa shape index (κ2) is 9.63. The van der Waals surface area contributed by atoms with Crippen LogP contribution in [-0.2, 0) is 21.2 Å². The smallest absolute Gasteiger partial charge is 0.326 e. The van der Waals surface area contributed by atoms with Gasteiger partial charge in [-0.2, -0.15) is 0 Å². The number of sulfonamides is 1. The number of nitrogen functional groups attached to an aromatic ring is 1. The van der Waals surface area contributed by atoms with Gasteiger partial charge in [-0.1, -0.05) is 48.5 Å². The van der Waals surface area contributed by atoms with Crippen molar-refractivity contribution in [3.8, 4) is 11.1 Å². The second-order valence-corrected chi connectivity index (χ2v) is 8.83. The summed E-state index contributed by atoms with van der Waals surface area (Å²) in [5.41, 5.74) is 7.66. The molecule has 3 aromatic rings. The van der Waals surface area contributed by atoms with E-state index >= 15 is 0 Å². The number of benzene rings is 3. The molecule has 0 heterocycles. The number of hydrogen-bond donors (Lipinski definition) is 5. The molecular formula is C23H22N4O5S. The summed E-state index contributed by atoms with van der Waals surface area (Å²) in [6.45, 7) is 0. The first-order valence-corrected chi connectivity index (χ1v) is 11.3. The average molecular weight is 467 g/mol. The number of carboxylic acid groups (broad SMARTS) is 1. The van der Waals surface area contributed by atoms with E-state index in [2.05, 4.69) is 5.32 Å². The van der Waals surface area contributed by atoms with E-state index in [0.717, 1.165) is 0 Å². The fraction of sp³-hybridized carbons (Fsp3) is 0.0870. The van der Waals surface area contributed by atoms with Gasteiger partial charge >= 0.3 is 5.97 Å². The van der Waals surface area contributed by atoms with Crippen molar-refractivity contribution in [3.63, 3.8) is 0 Å². The third kappa shape index (κ3) is 5.82. The Morgan fingerprint density at radius 2 is 1.64 bits per heavy atom. The Morgan fingerprint density at radius 3 is 2.24 bits per heavy atom. The summed E-state index contributed by atoms with van der Waals surface area (Å²) >= 11 is 0. The van der Waals surface area contributed by atoms with E-state index in [1.165, 1.54) is 18.2 Å². The molecule has 3 aromatic carbocycles. The molecule has 0 aliphatic carbocycles. The summed E-state index contributed by atoms with van der Waals surface area (Å²) in [7, 11) is -3.94. The molecule has 170 valence electrons. The van der Waals surface area contributed by atoms with E-state index in [4.69, 9.17) is 16.3 Å². The molecule has 0 saturated heterocycles. The largest absolute Gasteiger partial charge is 0.480 e. The molecule has 7 N–H and O–H groups in total. The van der Waals surface area contributed by atoms with Gasteiger partial charge in [-0.15, -0.1) is 0 Å².